The second-order valence-corrected chi connectivity index (χ2v) is 5.73. The largest absolute Gasteiger partial charge is 0.306 e. The van der Waals surface area contributed by atoms with Gasteiger partial charge in [0.1, 0.15) is 0 Å². The van der Waals surface area contributed by atoms with Crippen molar-refractivity contribution in [2.75, 3.05) is 0 Å². The first-order chi connectivity index (χ1) is 10.7. The fraction of sp³-hybridized carbons (Fsp3) is 0.167. The highest BCUT2D eigenvalue weighted by Gasteiger charge is 2.05. The zero-order valence-electron chi connectivity index (χ0n) is 12.4. The zero-order chi connectivity index (χ0) is 15.4. The molecule has 22 heavy (non-hydrogen) atoms. The molecule has 0 aliphatic rings. The van der Waals surface area contributed by atoms with Crippen LogP contribution in [0.4, 0.5) is 0 Å². The summed E-state index contributed by atoms with van der Waals surface area (Å²) < 4.78 is 1.99. The fourth-order valence-electron chi connectivity index (χ4n) is 2.34. The molecule has 0 saturated carbocycles. The molecule has 0 fully saturated rings. The molecular formula is C18H18ClN3. The van der Waals surface area contributed by atoms with Gasteiger partial charge in [0, 0.05) is 35.7 Å². The number of imidazole rings is 1. The van der Waals surface area contributed by atoms with E-state index in [0.717, 1.165) is 17.3 Å². The van der Waals surface area contributed by atoms with E-state index in [1.807, 2.05) is 22.9 Å². The van der Waals surface area contributed by atoms with Crippen molar-refractivity contribution in [3.8, 4) is 5.69 Å². The van der Waals surface area contributed by atoms with Crippen molar-refractivity contribution in [1.29, 1.82) is 0 Å². The number of benzene rings is 2. The number of nitrogens with zero attached hydrogens (tertiary/aromatic N) is 2. The third kappa shape index (κ3) is 3.56. The van der Waals surface area contributed by atoms with Crippen LogP contribution >= 0.6 is 11.6 Å². The van der Waals surface area contributed by atoms with Crippen molar-refractivity contribution in [1.82, 2.24) is 14.9 Å². The molecule has 1 atom stereocenters. The molecule has 3 aromatic rings. The minimum atomic E-state index is 0.283. The van der Waals surface area contributed by atoms with Crippen LogP contribution in [0.1, 0.15) is 24.1 Å². The molecule has 1 unspecified atom stereocenters. The van der Waals surface area contributed by atoms with E-state index in [1.165, 1.54) is 11.1 Å². The molecule has 0 aliphatic carbocycles. The minimum Gasteiger partial charge on any atom is -0.306 e. The number of hydrogen-bond donors (Lipinski definition) is 1. The Morgan fingerprint density at radius 1 is 1.09 bits per heavy atom. The van der Waals surface area contributed by atoms with Crippen molar-refractivity contribution < 1.29 is 0 Å². The first-order valence-electron chi connectivity index (χ1n) is 7.28. The van der Waals surface area contributed by atoms with Crippen LogP contribution in [0.3, 0.4) is 0 Å². The van der Waals surface area contributed by atoms with Crippen molar-refractivity contribution >= 4 is 11.6 Å². The molecule has 1 N–H and O–H groups in total. The van der Waals surface area contributed by atoms with E-state index in [2.05, 4.69) is 53.6 Å². The van der Waals surface area contributed by atoms with Gasteiger partial charge in [-0.3, -0.25) is 0 Å². The van der Waals surface area contributed by atoms with Gasteiger partial charge in [-0.1, -0.05) is 35.9 Å². The van der Waals surface area contributed by atoms with Crippen molar-refractivity contribution in [2.45, 2.75) is 19.5 Å². The third-order valence-corrected chi connectivity index (χ3v) is 3.97. The Bertz CT molecular complexity index is 703. The average Bonchev–Trinajstić information content (AvgIpc) is 3.08. The summed E-state index contributed by atoms with van der Waals surface area (Å²) in [5.41, 5.74) is 3.61. The topological polar surface area (TPSA) is 29.9 Å². The maximum Gasteiger partial charge on any atom is 0.0991 e. The molecule has 112 valence electrons. The highest BCUT2D eigenvalue weighted by Crippen LogP contribution is 2.17. The van der Waals surface area contributed by atoms with Crippen LogP contribution in [-0.2, 0) is 6.54 Å². The maximum atomic E-state index is 5.92. The molecule has 3 rings (SSSR count). The smallest absolute Gasteiger partial charge is 0.0991 e. The predicted octanol–water partition coefficient (Wildman–Crippen LogP) is 4.38. The number of aromatic nitrogens is 2. The fourth-order valence-corrected chi connectivity index (χ4v) is 2.46. The average molecular weight is 312 g/mol. The van der Waals surface area contributed by atoms with Gasteiger partial charge in [-0.15, -0.1) is 0 Å². The standard InChI is InChI=1S/C18H18ClN3/c1-14(16-4-6-17(19)7-5-16)21-12-15-2-8-18(9-3-15)22-11-10-20-13-22/h2-11,13-14,21H,12H2,1H3. The van der Waals surface area contributed by atoms with E-state index < -0.39 is 0 Å². The van der Waals surface area contributed by atoms with Gasteiger partial charge in [0.15, 0.2) is 0 Å². The normalized spacial score (nSPS) is 12.3. The Kier molecular flexibility index (Phi) is 4.56. The second-order valence-electron chi connectivity index (χ2n) is 5.29. The summed E-state index contributed by atoms with van der Waals surface area (Å²) in [7, 11) is 0. The van der Waals surface area contributed by atoms with E-state index in [0.29, 0.717) is 0 Å². The Morgan fingerprint density at radius 3 is 2.45 bits per heavy atom. The SMILES string of the molecule is CC(NCc1ccc(-n2ccnc2)cc1)c1ccc(Cl)cc1. The van der Waals surface area contributed by atoms with Crippen molar-refractivity contribution in [3.05, 3.63) is 83.4 Å². The molecule has 0 bridgehead atoms. The van der Waals surface area contributed by atoms with Gasteiger partial charge in [0.05, 0.1) is 6.33 Å². The van der Waals surface area contributed by atoms with Crippen LogP contribution in [0.5, 0.6) is 0 Å². The second kappa shape index (κ2) is 6.77. The summed E-state index contributed by atoms with van der Waals surface area (Å²) in [6.07, 6.45) is 5.52. The number of hydrogen-bond acceptors (Lipinski definition) is 2. The molecule has 3 nitrogen and oxygen atoms in total. The van der Waals surface area contributed by atoms with Gasteiger partial charge in [-0.05, 0) is 42.3 Å². The molecule has 0 aliphatic heterocycles. The molecular weight excluding hydrogens is 294 g/mol. The van der Waals surface area contributed by atoms with Crippen LogP contribution < -0.4 is 5.32 Å². The molecule has 0 saturated heterocycles. The zero-order valence-corrected chi connectivity index (χ0v) is 13.2. The molecule has 0 radical (unpaired) electrons. The molecule has 1 aromatic heterocycles. The highest BCUT2D eigenvalue weighted by molar-refractivity contribution is 6.30. The lowest BCUT2D eigenvalue weighted by molar-refractivity contribution is 0.575. The highest BCUT2D eigenvalue weighted by atomic mass is 35.5. The summed E-state index contributed by atoms with van der Waals surface area (Å²) in [5.74, 6) is 0. The minimum absolute atomic E-state index is 0.283. The van der Waals surface area contributed by atoms with E-state index in [9.17, 15) is 0 Å². The van der Waals surface area contributed by atoms with E-state index >= 15 is 0 Å². The molecule has 0 amide bonds. The Morgan fingerprint density at radius 2 is 1.82 bits per heavy atom. The number of rotatable bonds is 5. The quantitative estimate of drug-likeness (QED) is 0.758. The maximum absolute atomic E-state index is 5.92. The van der Waals surface area contributed by atoms with E-state index in [-0.39, 0.29) is 6.04 Å². The van der Waals surface area contributed by atoms with Crippen LogP contribution in [0.25, 0.3) is 5.69 Å². The Balaban J connectivity index is 1.60. The van der Waals surface area contributed by atoms with Gasteiger partial charge < -0.3 is 9.88 Å². The first kappa shape index (κ1) is 14.8. The summed E-state index contributed by atoms with van der Waals surface area (Å²) in [6.45, 7) is 2.98. The van der Waals surface area contributed by atoms with Gasteiger partial charge in [0.25, 0.3) is 0 Å². The summed E-state index contributed by atoms with van der Waals surface area (Å²) >= 11 is 5.92. The van der Waals surface area contributed by atoms with Crippen LogP contribution in [0, 0.1) is 0 Å². The lowest BCUT2D eigenvalue weighted by Gasteiger charge is -2.14. The molecule has 2 aromatic carbocycles. The molecule has 0 spiro atoms. The van der Waals surface area contributed by atoms with Gasteiger partial charge >= 0.3 is 0 Å². The van der Waals surface area contributed by atoms with E-state index in [1.54, 1.807) is 12.5 Å². The molecule has 4 heteroatoms. The third-order valence-electron chi connectivity index (χ3n) is 3.72. The Labute approximate surface area is 135 Å². The number of nitrogens with one attached hydrogen (secondary N) is 1. The monoisotopic (exact) mass is 311 g/mol. The first-order valence-corrected chi connectivity index (χ1v) is 7.66. The van der Waals surface area contributed by atoms with Gasteiger partial charge in [-0.2, -0.15) is 0 Å². The van der Waals surface area contributed by atoms with Crippen LogP contribution in [0.15, 0.2) is 67.3 Å². The lowest BCUT2D eigenvalue weighted by atomic mass is 10.1. The predicted molar refractivity (Wildman–Crippen MR) is 90.3 cm³/mol. The van der Waals surface area contributed by atoms with Crippen molar-refractivity contribution in [3.63, 3.8) is 0 Å². The van der Waals surface area contributed by atoms with Gasteiger partial charge in [0.2, 0.25) is 0 Å². The van der Waals surface area contributed by atoms with Crippen LogP contribution in [0.2, 0.25) is 5.02 Å². The van der Waals surface area contributed by atoms with E-state index in [4.69, 9.17) is 11.6 Å². The summed E-state index contributed by atoms with van der Waals surface area (Å²) in [5, 5.41) is 4.30. The van der Waals surface area contributed by atoms with Gasteiger partial charge in [-0.25, -0.2) is 4.98 Å². The number of halogens is 1. The van der Waals surface area contributed by atoms with Crippen molar-refractivity contribution in [2.24, 2.45) is 0 Å². The molecule has 1 heterocycles. The lowest BCUT2D eigenvalue weighted by Crippen LogP contribution is -2.17. The Hall–Kier alpha value is -2.10. The summed E-state index contributed by atoms with van der Waals surface area (Å²) in [6, 6.07) is 16.7. The van der Waals surface area contributed by atoms with Crippen LogP contribution in [-0.4, -0.2) is 9.55 Å². The summed E-state index contributed by atoms with van der Waals surface area (Å²) in [4.78, 5) is 4.06.